The van der Waals surface area contributed by atoms with Gasteiger partial charge in [-0.15, -0.1) is 0 Å². The van der Waals surface area contributed by atoms with Gasteiger partial charge in [-0.1, -0.05) is 27.2 Å². The van der Waals surface area contributed by atoms with Crippen LogP contribution in [0.1, 0.15) is 65.7 Å². The van der Waals surface area contributed by atoms with Gasteiger partial charge in [-0.05, 0) is 62.2 Å². The molecule has 2 fully saturated rings. The molecule has 4 atom stereocenters. The summed E-state index contributed by atoms with van der Waals surface area (Å²) in [5, 5.41) is 21.3. The highest BCUT2D eigenvalue weighted by Gasteiger charge is 2.43. The fraction of sp³-hybridized carbons (Fsp3) is 1.00. The summed E-state index contributed by atoms with van der Waals surface area (Å²) in [6.45, 7) is 6.84. The lowest BCUT2D eigenvalue weighted by molar-refractivity contribution is -0.134. The average Bonchev–Trinajstić information content (AvgIpc) is 2.36. The van der Waals surface area contributed by atoms with Gasteiger partial charge in [0.05, 0.1) is 11.7 Å². The van der Waals surface area contributed by atoms with Crippen molar-refractivity contribution in [2.75, 3.05) is 0 Å². The Kier molecular flexibility index (Phi) is 4.38. The molecule has 2 nitrogen and oxygen atoms in total. The first kappa shape index (κ1) is 14.3. The van der Waals surface area contributed by atoms with Gasteiger partial charge in [0.1, 0.15) is 0 Å². The minimum Gasteiger partial charge on any atom is -0.390 e. The molecule has 0 aromatic rings. The van der Waals surface area contributed by atoms with E-state index in [0.29, 0.717) is 17.8 Å². The van der Waals surface area contributed by atoms with Crippen molar-refractivity contribution < 1.29 is 10.2 Å². The smallest absolute Gasteiger partial charge is 0.0908 e. The van der Waals surface area contributed by atoms with Crippen LogP contribution in [0.4, 0.5) is 0 Å². The Morgan fingerprint density at radius 2 is 1.56 bits per heavy atom. The van der Waals surface area contributed by atoms with Gasteiger partial charge in [-0.2, -0.15) is 0 Å². The van der Waals surface area contributed by atoms with E-state index in [9.17, 15) is 10.2 Å². The molecule has 0 aromatic carbocycles. The first-order valence-electron chi connectivity index (χ1n) is 7.83. The van der Waals surface area contributed by atoms with Crippen LogP contribution in [0.2, 0.25) is 0 Å². The Morgan fingerprint density at radius 1 is 0.944 bits per heavy atom. The van der Waals surface area contributed by atoms with E-state index in [1.807, 2.05) is 0 Å². The SMILES string of the molecule is CC1CCC(O)(C(O)C2CCC(C)C(C)C2)CC1. The van der Waals surface area contributed by atoms with Gasteiger partial charge in [0.15, 0.2) is 0 Å². The number of hydrogen-bond donors (Lipinski definition) is 2. The zero-order valence-corrected chi connectivity index (χ0v) is 12.2. The second kappa shape index (κ2) is 5.50. The second-order valence-electron chi connectivity index (χ2n) is 7.26. The maximum absolute atomic E-state index is 10.7. The van der Waals surface area contributed by atoms with E-state index < -0.39 is 11.7 Å². The van der Waals surface area contributed by atoms with E-state index in [-0.39, 0.29) is 0 Å². The van der Waals surface area contributed by atoms with E-state index in [1.165, 1.54) is 6.42 Å². The highest BCUT2D eigenvalue weighted by molar-refractivity contribution is 4.95. The minimum absolute atomic E-state index is 0.314. The van der Waals surface area contributed by atoms with Crippen molar-refractivity contribution in [3.05, 3.63) is 0 Å². The van der Waals surface area contributed by atoms with E-state index in [2.05, 4.69) is 20.8 Å². The summed E-state index contributed by atoms with van der Waals surface area (Å²) in [6, 6.07) is 0. The van der Waals surface area contributed by atoms with Crippen molar-refractivity contribution in [2.24, 2.45) is 23.7 Å². The fourth-order valence-electron chi connectivity index (χ4n) is 3.87. The Bertz CT molecular complexity index is 268. The van der Waals surface area contributed by atoms with Crippen LogP contribution in [0.15, 0.2) is 0 Å². The summed E-state index contributed by atoms with van der Waals surface area (Å²) in [7, 11) is 0. The highest BCUT2D eigenvalue weighted by Crippen LogP contribution is 2.42. The Balaban J connectivity index is 1.96. The molecule has 2 aliphatic carbocycles. The lowest BCUT2D eigenvalue weighted by Gasteiger charge is -2.44. The van der Waals surface area contributed by atoms with Crippen molar-refractivity contribution in [3.63, 3.8) is 0 Å². The second-order valence-corrected chi connectivity index (χ2v) is 7.26. The Hall–Kier alpha value is -0.0800. The van der Waals surface area contributed by atoms with Gasteiger partial charge < -0.3 is 10.2 Å². The molecule has 0 heterocycles. The summed E-state index contributed by atoms with van der Waals surface area (Å²) in [4.78, 5) is 0. The minimum atomic E-state index is -0.794. The third-order valence-corrected chi connectivity index (χ3v) is 5.78. The molecule has 4 unspecified atom stereocenters. The maximum atomic E-state index is 10.7. The van der Waals surface area contributed by atoms with E-state index in [4.69, 9.17) is 0 Å². The summed E-state index contributed by atoms with van der Waals surface area (Å²) < 4.78 is 0. The predicted octanol–water partition coefficient (Wildman–Crippen LogP) is 3.36. The van der Waals surface area contributed by atoms with Crippen LogP contribution >= 0.6 is 0 Å². The lowest BCUT2D eigenvalue weighted by Crippen LogP contribution is -2.50. The van der Waals surface area contributed by atoms with Gasteiger partial charge in [-0.25, -0.2) is 0 Å². The van der Waals surface area contributed by atoms with Crippen molar-refractivity contribution in [3.8, 4) is 0 Å². The molecule has 2 rings (SSSR count). The molecule has 0 bridgehead atoms. The van der Waals surface area contributed by atoms with Crippen LogP contribution in [0.3, 0.4) is 0 Å². The normalized spacial score (nSPS) is 47.8. The van der Waals surface area contributed by atoms with Gasteiger partial charge in [0.2, 0.25) is 0 Å². The number of hydrogen-bond acceptors (Lipinski definition) is 2. The summed E-state index contributed by atoms with van der Waals surface area (Å²) in [6.07, 6.45) is 6.57. The number of aliphatic hydroxyl groups excluding tert-OH is 1. The monoisotopic (exact) mass is 254 g/mol. The molecule has 0 radical (unpaired) electrons. The molecule has 2 aliphatic rings. The van der Waals surface area contributed by atoms with Crippen LogP contribution in [0, 0.1) is 23.7 Å². The van der Waals surface area contributed by atoms with Crippen LogP contribution in [0.25, 0.3) is 0 Å². The molecule has 0 spiro atoms. The molecule has 18 heavy (non-hydrogen) atoms. The van der Waals surface area contributed by atoms with Crippen molar-refractivity contribution in [1.29, 1.82) is 0 Å². The van der Waals surface area contributed by atoms with Gasteiger partial charge in [0, 0.05) is 0 Å². The number of rotatable bonds is 2. The van der Waals surface area contributed by atoms with E-state index >= 15 is 0 Å². The van der Waals surface area contributed by atoms with Gasteiger partial charge >= 0.3 is 0 Å². The standard InChI is InChI=1S/C16H30O2/c1-11-6-8-16(18,9-7-11)15(17)14-5-4-12(2)13(3)10-14/h11-15,17-18H,4-10H2,1-3H3. The summed E-state index contributed by atoms with van der Waals surface area (Å²) in [5.41, 5.74) is -0.794. The number of aliphatic hydroxyl groups is 2. The van der Waals surface area contributed by atoms with Crippen molar-refractivity contribution in [2.45, 2.75) is 77.4 Å². The molecule has 2 heteroatoms. The molecule has 0 saturated heterocycles. The van der Waals surface area contributed by atoms with Crippen LogP contribution in [-0.4, -0.2) is 21.9 Å². The fourth-order valence-corrected chi connectivity index (χ4v) is 3.87. The lowest BCUT2D eigenvalue weighted by atomic mass is 9.67. The molecule has 0 amide bonds. The Morgan fingerprint density at radius 3 is 2.11 bits per heavy atom. The van der Waals surface area contributed by atoms with Crippen molar-refractivity contribution in [1.82, 2.24) is 0 Å². The summed E-state index contributed by atoms with van der Waals surface area (Å²) >= 11 is 0. The van der Waals surface area contributed by atoms with Crippen molar-refractivity contribution >= 4 is 0 Å². The molecule has 2 N–H and O–H groups in total. The molecule has 106 valence electrons. The average molecular weight is 254 g/mol. The molecule has 0 aliphatic heterocycles. The zero-order valence-electron chi connectivity index (χ0n) is 12.2. The largest absolute Gasteiger partial charge is 0.390 e. The van der Waals surface area contributed by atoms with Gasteiger partial charge in [-0.3, -0.25) is 0 Å². The third-order valence-electron chi connectivity index (χ3n) is 5.78. The quantitative estimate of drug-likeness (QED) is 0.793. The van der Waals surface area contributed by atoms with E-state index in [0.717, 1.165) is 44.4 Å². The van der Waals surface area contributed by atoms with Crippen LogP contribution in [0.5, 0.6) is 0 Å². The highest BCUT2D eigenvalue weighted by atomic mass is 16.3. The molecule has 2 saturated carbocycles. The maximum Gasteiger partial charge on any atom is 0.0908 e. The Labute approximate surface area is 112 Å². The first-order chi connectivity index (χ1) is 8.42. The van der Waals surface area contributed by atoms with Crippen LogP contribution < -0.4 is 0 Å². The van der Waals surface area contributed by atoms with Crippen LogP contribution in [-0.2, 0) is 0 Å². The summed E-state index contributed by atoms with van der Waals surface area (Å²) in [5.74, 6) is 2.48. The molecular formula is C16H30O2. The third kappa shape index (κ3) is 2.91. The first-order valence-corrected chi connectivity index (χ1v) is 7.83. The topological polar surface area (TPSA) is 40.5 Å². The van der Waals surface area contributed by atoms with E-state index in [1.54, 1.807) is 0 Å². The van der Waals surface area contributed by atoms with Gasteiger partial charge in [0.25, 0.3) is 0 Å². The molecule has 0 aromatic heterocycles. The molecular weight excluding hydrogens is 224 g/mol. The zero-order chi connectivity index (χ0) is 13.3. The predicted molar refractivity (Wildman–Crippen MR) is 74.3 cm³/mol.